The van der Waals surface area contributed by atoms with E-state index >= 15 is 0 Å². The highest BCUT2D eigenvalue weighted by Gasteiger charge is 2.21. The molecule has 0 saturated carbocycles. The predicted octanol–water partition coefficient (Wildman–Crippen LogP) is 8.59. The molecule has 2 heteroatoms. The summed E-state index contributed by atoms with van der Waals surface area (Å²) < 4.78 is 0. The zero-order valence-electron chi connectivity index (χ0n) is 22.9. The van der Waals surface area contributed by atoms with Crippen molar-refractivity contribution in [1.82, 2.24) is 5.32 Å². The fourth-order valence-corrected chi connectivity index (χ4v) is 4.33. The second-order valence-electron chi connectivity index (χ2n) is 10.8. The number of hydrogen-bond donors (Lipinski definition) is 1. The fraction of sp³-hybridized carbons (Fsp3) is 0.500. The van der Waals surface area contributed by atoms with Crippen LogP contribution in [0, 0.1) is 18.3 Å². The molecule has 1 aliphatic heterocycles. The Balaban J connectivity index is 0.00000199. The number of benzene rings is 2. The minimum atomic E-state index is 0.310. The van der Waals surface area contributed by atoms with Gasteiger partial charge in [0.05, 0.1) is 0 Å². The molecule has 0 spiro atoms. The molecule has 1 saturated heterocycles. The van der Waals surface area contributed by atoms with Gasteiger partial charge in [-0.2, -0.15) is 0 Å². The third-order valence-electron chi connectivity index (χ3n) is 7.25. The number of anilines is 1. The van der Waals surface area contributed by atoms with Crippen LogP contribution in [0.4, 0.5) is 5.69 Å². The van der Waals surface area contributed by atoms with Gasteiger partial charge in [-0.3, -0.25) is 0 Å². The van der Waals surface area contributed by atoms with E-state index in [-0.39, 0.29) is 0 Å². The van der Waals surface area contributed by atoms with Crippen LogP contribution in [0.5, 0.6) is 0 Å². The minimum Gasteiger partial charge on any atom is -0.381 e. The van der Waals surface area contributed by atoms with Gasteiger partial charge in [-0.25, -0.2) is 0 Å². The lowest BCUT2D eigenvalue weighted by Gasteiger charge is -2.34. The van der Waals surface area contributed by atoms with Crippen LogP contribution in [0.3, 0.4) is 0 Å². The Labute approximate surface area is 210 Å². The van der Waals surface area contributed by atoms with Gasteiger partial charge in [0.2, 0.25) is 0 Å². The normalized spacial score (nSPS) is 15.2. The largest absolute Gasteiger partial charge is 0.381 e. The van der Waals surface area contributed by atoms with Crippen LogP contribution in [0.15, 0.2) is 67.3 Å². The van der Waals surface area contributed by atoms with Crippen molar-refractivity contribution in [2.45, 2.75) is 73.6 Å². The van der Waals surface area contributed by atoms with Crippen LogP contribution >= 0.6 is 0 Å². The lowest BCUT2D eigenvalue weighted by atomic mass is 9.78. The zero-order valence-corrected chi connectivity index (χ0v) is 22.9. The highest BCUT2D eigenvalue weighted by molar-refractivity contribution is 5.64. The highest BCUT2D eigenvalue weighted by atomic mass is 15.1. The average Bonchev–Trinajstić information content (AvgIpc) is 2.84. The third-order valence-corrected chi connectivity index (χ3v) is 7.25. The van der Waals surface area contributed by atoms with E-state index in [9.17, 15) is 0 Å². The second kappa shape index (κ2) is 12.8. The minimum absolute atomic E-state index is 0.310. The van der Waals surface area contributed by atoms with Crippen LogP contribution in [-0.2, 0) is 0 Å². The quantitative estimate of drug-likeness (QED) is 0.397. The van der Waals surface area contributed by atoms with Crippen molar-refractivity contribution in [3.8, 4) is 0 Å². The summed E-state index contributed by atoms with van der Waals surface area (Å²) in [5, 5.41) is 3.47. The van der Waals surface area contributed by atoms with Crippen molar-refractivity contribution in [3.63, 3.8) is 0 Å². The predicted molar refractivity (Wildman–Crippen MR) is 153 cm³/mol. The van der Waals surface area contributed by atoms with Crippen molar-refractivity contribution in [2.24, 2.45) is 11.3 Å². The van der Waals surface area contributed by atoms with E-state index in [1.807, 2.05) is 13.8 Å². The number of hydrogen-bond acceptors (Lipinski definition) is 2. The highest BCUT2D eigenvalue weighted by Crippen LogP contribution is 2.32. The Kier molecular flexibility index (Phi) is 10.5. The summed E-state index contributed by atoms with van der Waals surface area (Å²) in [5.41, 5.74) is 7.82. The molecule has 2 aromatic carbocycles. The number of piperidine rings is 1. The van der Waals surface area contributed by atoms with Gasteiger partial charge in [0, 0.05) is 31.0 Å². The molecule has 1 heterocycles. The first-order valence-electron chi connectivity index (χ1n) is 13.1. The maximum atomic E-state index is 4.27. The first-order chi connectivity index (χ1) is 16.1. The molecular formula is C32H48N2. The summed E-state index contributed by atoms with van der Waals surface area (Å²) in [7, 11) is 0. The van der Waals surface area contributed by atoms with Crippen LogP contribution in [0.2, 0.25) is 0 Å². The standard InChI is InChI=1S/C30H42N2.C2H6/c1-22-8-10-27(11-9-22)28-16-18-32(19-17-28)29-14-12-26(13-15-29)25(4)31-21-23(2)20-24(3)30(5,6)7;1-2/h8-15,24,28,31H,2,4,16-21H2,1,3,5-7H3;1-2H3. The topological polar surface area (TPSA) is 15.3 Å². The van der Waals surface area contributed by atoms with Crippen LogP contribution in [0.1, 0.15) is 83.4 Å². The van der Waals surface area contributed by atoms with Gasteiger partial charge >= 0.3 is 0 Å². The summed E-state index contributed by atoms with van der Waals surface area (Å²) in [6, 6.07) is 18.0. The number of aryl methyl sites for hydroxylation is 1. The Morgan fingerprint density at radius 1 is 0.971 bits per heavy atom. The Bertz CT molecular complexity index is 892. The molecule has 0 amide bonds. The van der Waals surface area contributed by atoms with Gasteiger partial charge < -0.3 is 10.2 Å². The number of rotatable bonds is 8. The molecule has 3 rings (SSSR count). The third kappa shape index (κ3) is 8.08. The fourth-order valence-electron chi connectivity index (χ4n) is 4.33. The van der Waals surface area contributed by atoms with E-state index in [1.54, 1.807) is 0 Å². The van der Waals surface area contributed by atoms with E-state index in [0.29, 0.717) is 17.3 Å². The molecule has 2 nitrogen and oxygen atoms in total. The monoisotopic (exact) mass is 460 g/mol. The molecule has 0 aromatic heterocycles. The van der Waals surface area contributed by atoms with Gasteiger partial charge in [-0.05, 0) is 66.7 Å². The summed E-state index contributed by atoms with van der Waals surface area (Å²) in [5.74, 6) is 1.30. The SMILES string of the molecule is C=C(CNC(=C)c1ccc(N2CCC(c3ccc(C)cc3)CC2)cc1)CC(C)C(C)(C)C.CC. The van der Waals surface area contributed by atoms with E-state index in [4.69, 9.17) is 0 Å². The van der Waals surface area contributed by atoms with Crippen molar-refractivity contribution in [3.05, 3.63) is 84.0 Å². The molecule has 0 bridgehead atoms. The van der Waals surface area contributed by atoms with Crippen molar-refractivity contribution in [2.75, 3.05) is 24.5 Å². The van der Waals surface area contributed by atoms with Crippen LogP contribution in [0.25, 0.3) is 5.70 Å². The molecule has 1 unspecified atom stereocenters. The molecule has 0 radical (unpaired) electrons. The molecule has 34 heavy (non-hydrogen) atoms. The van der Waals surface area contributed by atoms with Gasteiger partial charge in [0.1, 0.15) is 0 Å². The van der Waals surface area contributed by atoms with E-state index in [1.165, 1.54) is 35.2 Å². The lowest BCUT2D eigenvalue weighted by molar-refractivity contribution is 0.259. The molecule has 0 aliphatic carbocycles. The molecule has 1 aliphatic rings. The first kappa shape index (κ1) is 27.8. The van der Waals surface area contributed by atoms with Gasteiger partial charge in [0.15, 0.2) is 0 Å². The van der Waals surface area contributed by atoms with Crippen molar-refractivity contribution < 1.29 is 0 Å². The Morgan fingerprint density at radius 3 is 2.06 bits per heavy atom. The van der Waals surface area contributed by atoms with Crippen molar-refractivity contribution >= 4 is 11.4 Å². The summed E-state index contributed by atoms with van der Waals surface area (Å²) in [4.78, 5) is 2.51. The van der Waals surface area contributed by atoms with Gasteiger partial charge in [-0.15, -0.1) is 0 Å². The zero-order chi connectivity index (χ0) is 25.3. The van der Waals surface area contributed by atoms with E-state index in [0.717, 1.165) is 37.3 Å². The molecule has 1 N–H and O–H groups in total. The average molecular weight is 461 g/mol. The summed E-state index contributed by atoms with van der Waals surface area (Å²) in [6.07, 6.45) is 3.48. The van der Waals surface area contributed by atoms with E-state index < -0.39 is 0 Å². The first-order valence-corrected chi connectivity index (χ1v) is 13.1. The second-order valence-corrected chi connectivity index (χ2v) is 10.8. The van der Waals surface area contributed by atoms with Crippen LogP contribution < -0.4 is 10.2 Å². The lowest BCUT2D eigenvalue weighted by Crippen LogP contribution is -2.32. The van der Waals surface area contributed by atoms with Gasteiger partial charge in [-0.1, -0.05) is 102 Å². The maximum Gasteiger partial charge on any atom is 0.0366 e. The smallest absolute Gasteiger partial charge is 0.0366 e. The molecule has 186 valence electrons. The van der Waals surface area contributed by atoms with Crippen LogP contribution in [-0.4, -0.2) is 19.6 Å². The Morgan fingerprint density at radius 2 is 1.53 bits per heavy atom. The summed E-state index contributed by atoms with van der Waals surface area (Å²) in [6.45, 7) is 26.9. The van der Waals surface area contributed by atoms with Crippen molar-refractivity contribution in [1.29, 1.82) is 0 Å². The molecule has 2 aromatic rings. The molecule has 1 fully saturated rings. The maximum absolute atomic E-state index is 4.27. The molecular weight excluding hydrogens is 412 g/mol. The summed E-state index contributed by atoms with van der Waals surface area (Å²) >= 11 is 0. The van der Waals surface area contributed by atoms with Gasteiger partial charge in [0.25, 0.3) is 0 Å². The number of nitrogens with one attached hydrogen (secondary N) is 1. The Hall–Kier alpha value is -2.48. The number of nitrogens with zero attached hydrogens (tertiary/aromatic N) is 1. The molecule has 1 atom stereocenters. The van der Waals surface area contributed by atoms with E-state index in [2.05, 4.69) is 107 Å².